The molecule has 0 atom stereocenters. The van der Waals surface area contributed by atoms with Crippen LogP contribution >= 0.6 is 0 Å². The van der Waals surface area contributed by atoms with Gasteiger partial charge in [-0.05, 0) is 16.8 Å². The van der Waals surface area contributed by atoms with Crippen LogP contribution in [-0.4, -0.2) is 66.7 Å². The van der Waals surface area contributed by atoms with Crippen molar-refractivity contribution in [2.45, 2.75) is 0 Å². The van der Waals surface area contributed by atoms with Crippen LogP contribution in [0.5, 0.6) is 5.75 Å². The van der Waals surface area contributed by atoms with Gasteiger partial charge in [0, 0.05) is 32.7 Å². The Morgan fingerprint density at radius 2 is 1.90 bits per heavy atom. The van der Waals surface area contributed by atoms with Gasteiger partial charge in [0.05, 0.1) is 19.4 Å². The van der Waals surface area contributed by atoms with Gasteiger partial charge < -0.3 is 19.6 Å². The van der Waals surface area contributed by atoms with Gasteiger partial charge in [0.1, 0.15) is 5.75 Å². The van der Waals surface area contributed by atoms with E-state index in [4.69, 9.17) is 4.74 Å². The summed E-state index contributed by atoms with van der Waals surface area (Å²) < 4.78 is 5.40. The second-order valence-electron chi connectivity index (χ2n) is 6.84. The predicted molar refractivity (Wildman–Crippen MR) is 114 cm³/mol. The molecule has 4 rings (SSSR count). The van der Waals surface area contributed by atoms with E-state index in [0.717, 1.165) is 23.9 Å². The normalized spacial score (nSPS) is 14.5. The molecule has 9 nitrogen and oxygen atoms in total. The number of anilines is 3. The van der Waals surface area contributed by atoms with Gasteiger partial charge in [-0.1, -0.05) is 30.3 Å². The number of hydrogen-bond donors (Lipinski definition) is 2. The maximum Gasteiger partial charge on any atom is 0.250 e. The zero-order valence-electron chi connectivity index (χ0n) is 16.4. The van der Waals surface area contributed by atoms with Crippen molar-refractivity contribution in [1.82, 2.24) is 15.0 Å². The fourth-order valence-corrected chi connectivity index (χ4v) is 3.08. The first kappa shape index (κ1) is 18.9. The number of benzene rings is 2. The van der Waals surface area contributed by atoms with Crippen molar-refractivity contribution in [1.29, 1.82) is 0 Å². The summed E-state index contributed by atoms with van der Waals surface area (Å²) in [5.74, 6) is 1.61. The molecule has 1 fully saturated rings. The molecular formula is C20H23N7O2. The van der Waals surface area contributed by atoms with E-state index >= 15 is 0 Å². The minimum Gasteiger partial charge on any atom is -0.507 e. The summed E-state index contributed by atoms with van der Waals surface area (Å²) in [6, 6.07) is 11.4. The standard InChI is InChI=1S/C20H23N7O2/c1-26(2)19-22-18(23-20(24-19)27-9-11-29-12-10-27)25-21-13-16-15-6-4-3-5-14(15)7-8-17(16)28/h3-8,13,28H,9-12H2,1-2H3,(H,22,23,24,25)/b21-13-. The van der Waals surface area contributed by atoms with E-state index in [1.807, 2.05) is 49.3 Å². The summed E-state index contributed by atoms with van der Waals surface area (Å²) in [6.45, 7) is 2.74. The van der Waals surface area contributed by atoms with Crippen LogP contribution < -0.4 is 15.2 Å². The van der Waals surface area contributed by atoms with E-state index in [0.29, 0.717) is 36.6 Å². The van der Waals surface area contributed by atoms with E-state index in [2.05, 4.69) is 30.4 Å². The van der Waals surface area contributed by atoms with Crippen molar-refractivity contribution in [3.05, 3.63) is 42.0 Å². The number of phenols is 1. The molecule has 3 aromatic rings. The maximum atomic E-state index is 10.3. The molecule has 0 bridgehead atoms. The van der Waals surface area contributed by atoms with Crippen LogP contribution in [0.3, 0.4) is 0 Å². The van der Waals surface area contributed by atoms with Crippen LogP contribution in [0.15, 0.2) is 41.5 Å². The van der Waals surface area contributed by atoms with Crippen LogP contribution in [0.2, 0.25) is 0 Å². The molecule has 150 valence electrons. The molecule has 9 heteroatoms. The van der Waals surface area contributed by atoms with Crippen molar-refractivity contribution in [2.75, 3.05) is 55.6 Å². The molecule has 1 aromatic heterocycles. The number of aromatic nitrogens is 3. The molecule has 0 spiro atoms. The Morgan fingerprint density at radius 1 is 1.10 bits per heavy atom. The fourth-order valence-electron chi connectivity index (χ4n) is 3.08. The summed E-state index contributed by atoms with van der Waals surface area (Å²) in [5.41, 5.74) is 3.50. The highest BCUT2D eigenvalue weighted by Crippen LogP contribution is 2.25. The number of nitrogens with one attached hydrogen (secondary N) is 1. The van der Waals surface area contributed by atoms with Gasteiger partial charge in [-0.25, -0.2) is 5.43 Å². The van der Waals surface area contributed by atoms with E-state index < -0.39 is 0 Å². The van der Waals surface area contributed by atoms with Crippen molar-refractivity contribution >= 4 is 34.8 Å². The van der Waals surface area contributed by atoms with Crippen LogP contribution in [0.25, 0.3) is 10.8 Å². The predicted octanol–water partition coefficient (Wildman–Crippen LogP) is 2.08. The van der Waals surface area contributed by atoms with Gasteiger partial charge in [0.2, 0.25) is 17.8 Å². The maximum absolute atomic E-state index is 10.3. The fraction of sp³-hybridized carbons (Fsp3) is 0.300. The van der Waals surface area contributed by atoms with Crippen LogP contribution in [0.1, 0.15) is 5.56 Å². The molecule has 0 aliphatic carbocycles. The number of phenolic OH excluding ortho intramolecular Hbond substituents is 1. The summed E-state index contributed by atoms with van der Waals surface area (Å²) in [4.78, 5) is 17.3. The third kappa shape index (κ3) is 4.19. The number of fused-ring (bicyclic) bond motifs is 1. The minimum absolute atomic E-state index is 0.160. The summed E-state index contributed by atoms with van der Waals surface area (Å²) >= 11 is 0. The lowest BCUT2D eigenvalue weighted by atomic mass is 10.0. The van der Waals surface area contributed by atoms with Crippen LogP contribution in [0.4, 0.5) is 17.8 Å². The van der Waals surface area contributed by atoms with Gasteiger partial charge in [-0.15, -0.1) is 0 Å². The van der Waals surface area contributed by atoms with Crippen LogP contribution in [-0.2, 0) is 4.74 Å². The van der Waals surface area contributed by atoms with E-state index in [-0.39, 0.29) is 5.75 Å². The summed E-state index contributed by atoms with van der Waals surface area (Å²) in [7, 11) is 3.75. The number of nitrogens with zero attached hydrogens (tertiary/aromatic N) is 6. The third-order valence-corrected chi connectivity index (χ3v) is 4.61. The Labute approximate surface area is 168 Å². The third-order valence-electron chi connectivity index (χ3n) is 4.61. The van der Waals surface area contributed by atoms with E-state index in [9.17, 15) is 5.11 Å². The molecule has 0 unspecified atom stereocenters. The van der Waals surface area contributed by atoms with Crippen molar-refractivity contribution in [3.8, 4) is 5.75 Å². The van der Waals surface area contributed by atoms with Gasteiger partial charge >= 0.3 is 0 Å². The second-order valence-corrected chi connectivity index (χ2v) is 6.84. The monoisotopic (exact) mass is 393 g/mol. The molecule has 0 saturated carbocycles. The lowest BCUT2D eigenvalue weighted by Crippen LogP contribution is -2.37. The number of morpholine rings is 1. The van der Waals surface area contributed by atoms with E-state index in [1.165, 1.54) is 0 Å². The molecule has 0 amide bonds. The highest BCUT2D eigenvalue weighted by Gasteiger charge is 2.17. The number of hydrogen-bond acceptors (Lipinski definition) is 9. The average Bonchev–Trinajstić information content (AvgIpc) is 2.75. The van der Waals surface area contributed by atoms with Crippen molar-refractivity contribution in [3.63, 3.8) is 0 Å². The Balaban J connectivity index is 1.61. The largest absolute Gasteiger partial charge is 0.507 e. The first-order valence-electron chi connectivity index (χ1n) is 9.38. The average molecular weight is 393 g/mol. The van der Waals surface area contributed by atoms with Crippen LogP contribution in [0, 0.1) is 0 Å². The molecule has 2 N–H and O–H groups in total. The Hall–Kier alpha value is -3.46. The number of ether oxygens (including phenoxy) is 1. The number of rotatable bonds is 5. The quantitative estimate of drug-likeness (QED) is 0.502. The lowest BCUT2D eigenvalue weighted by Gasteiger charge is -2.27. The van der Waals surface area contributed by atoms with Crippen molar-refractivity contribution < 1.29 is 9.84 Å². The summed E-state index contributed by atoms with van der Waals surface area (Å²) in [5, 5.41) is 16.4. The minimum atomic E-state index is 0.160. The van der Waals surface area contributed by atoms with Gasteiger partial charge in [0.25, 0.3) is 0 Å². The summed E-state index contributed by atoms with van der Waals surface area (Å²) in [6.07, 6.45) is 1.57. The molecule has 0 radical (unpaired) electrons. The molecule has 1 saturated heterocycles. The molecular weight excluding hydrogens is 370 g/mol. The highest BCUT2D eigenvalue weighted by atomic mass is 16.5. The Morgan fingerprint density at radius 3 is 2.69 bits per heavy atom. The first-order chi connectivity index (χ1) is 14.1. The van der Waals surface area contributed by atoms with Gasteiger partial charge in [0.15, 0.2) is 0 Å². The molecule has 2 heterocycles. The molecule has 29 heavy (non-hydrogen) atoms. The van der Waals surface area contributed by atoms with E-state index in [1.54, 1.807) is 12.3 Å². The second kappa shape index (κ2) is 8.27. The van der Waals surface area contributed by atoms with Gasteiger partial charge in [-0.2, -0.15) is 20.1 Å². The SMILES string of the molecule is CN(C)c1nc(N/N=C\c2c(O)ccc3ccccc23)nc(N2CCOCC2)n1. The first-order valence-corrected chi connectivity index (χ1v) is 9.38. The molecule has 1 aliphatic heterocycles. The molecule has 1 aliphatic rings. The zero-order valence-corrected chi connectivity index (χ0v) is 16.4. The Kier molecular flexibility index (Phi) is 5.39. The zero-order chi connectivity index (χ0) is 20.2. The lowest BCUT2D eigenvalue weighted by molar-refractivity contribution is 0.122. The highest BCUT2D eigenvalue weighted by molar-refractivity contribution is 6.02. The number of hydrazone groups is 1. The smallest absolute Gasteiger partial charge is 0.250 e. The number of aromatic hydroxyl groups is 1. The topological polar surface area (TPSA) is 99.0 Å². The van der Waals surface area contributed by atoms with Gasteiger partial charge in [-0.3, -0.25) is 0 Å². The van der Waals surface area contributed by atoms with Crippen molar-refractivity contribution in [2.24, 2.45) is 5.10 Å². The molecule has 2 aromatic carbocycles. The Bertz CT molecular complexity index is 1030.